The van der Waals surface area contributed by atoms with E-state index in [9.17, 15) is 14.0 Å². The topological polar surface area (TPSA) is 82.5 Å². The van der Waals surface area contributed by atoms with Crippen LogP contribution in [0.15, 0.2) is 52.4 Å². The summed E-state index contributed by atoms with van der Waals surface area (Å²) < 4.78 is 26.9. The Morgan fingerprint density at radius 2 is 1.94 bits per heavy atom. The Kier molecular flexibility index (Phi) is 5.34. The molecule has 7 nitrogen and oxygen atoms in total. The maximum Gasteiger partial charge on any atom is 0.279 e. The van der Waals surface area contributed by atoms with E-state index in [0.717, 1.165) is 5.56 Å². The third kappa shape index (κ3) is 3.73. The zero-order valence-electron chi connectivity index (χ0n) is 17.3. The number of hydrogen-bond donors (Lipinski definition) is 1. The summed E-state index contributed by atoms with van der Waals surface area (Å²) in [6, 6.07) is 11.9. The van der Waals surface area contributed by atoms with Crippen molar-refractivity contribution < 1.29 is 18.7 Å². The van der Waals surface area contributed by atoms with Crippen LogP contribution in [0.5, 0.6) is 11.5 Å². The van der Waals surface area contributed by atoms with Crippen LogP contribution in [-0.2, 0) is 17.6 Å². The number of fused-ring (bicyclic) bond motifs is 2. The Morgan fingerprint density at radius 3 is 2.75 bits per heavy atom. The Balaban J connectivity index is 1.51. The standard InChI is InChI=1S/C23H20FN3O4S/c1-27-21-20(22(29)26-23(27)32-12-14-4-2-3-5-16(14)24)15(11-19(28)25-21)13-6-7-17-18(10-13)31-9-8-30-17/h2-7,10,15H,8-9,11-12H2,1H3,(H,25,28)/t15-/m1/s1. The number of benzene rings is 2. The number of carbonyl (C=O) groups is 1. The summed E-state index contributed by atoms with van der Waals surface area (Å²) in [5.41, 5.74) is 1.33. The van der Waals surface area contributed by atoms with Crippen LogP contribution in [0.3, 0.4) is 0 Å². The number of amides is 1. The van der Waals surface area contributed by atoms with Crippen LogP contribution < -0.4 is 20.3 Å². The van der Waals surface area contributed by atoms with E-state index >= 15 is 0 Å². The zero-order chi connectivity index (χ0) is 22.2. The van der Waals surface area contributed by atoms with Crippen molar-refractivity contribution in [2.24, 2.45) is 7.05 Å². The molecule has 0 fully saturated rings. The molecule has 5 rings (SSSR count). The number of thioether (sulfide) groups is 1. The molecule has 0 aliphatic carbocycles. The maximum absolute atomic E-state index is 14.0. The quantitative estimate of drug-likeness (QED) is 0.481. The van der Waals surface area contributed by atoms with E-state index in [2.05, 4.69) is 10.3 Å². The van der Waals surface area contributed by atoms with Gasteiger partial charge in [-0.15, -0.1) is 0 Å². The largest absolute Gasteiger partial charge is 0.486 e. The zero-order valence-corrected chi connectivity index (χ0v) is 18.1. The third-order valence-corrected chi connectivity index (χ3v) is 6.66. The highest BCUT2D eigenvalue weighted by Crippen LogP contribution is 2.40. The van der Waals surface area contributed by atoms with E-state index in [0.29, 0.717) is 52.6 Å². The van der Waals surface area contributed by atoms with Crippen LogP contribution in [0.25, 0.3) is 0 Å². The third-order valence-electron chi connectivity index (χ3n) is 5.58. The number of nitrogens with one attached hydrogen (secondary N) is 1. The highest BCUT2D eigenvalue weighted by Gasteiger charge is 2.33. The van der Waals surface area contributed by atoms with Gasteiger partial charge in [-0.2, -0.15) is 4.98 Å². The molecule has 0 saturated carbocycles. The van der Waals surface area contributed by atoms with Crippen molar-refractivity contribution in [3.05, 3.63) is 75.3 Å². The number of ether oxygens (including phenoxy) is 2. The molecule has 1 aromatic heterocycles. The molecule has 0 bridgehead atoms. The highest BCUT2D eigenvalue weighted by atomic mass is 32.2. The summed E-state index contributed by atoms with van der Waals surface area (Å²) in [6.45, 7) is 0.933. The molecular weight excluding hydrogens is 433 g/mol. The second kappa shape index (κ2) is 8.31. The smallest absolute Gasteiger partial charge is 0.279 e. The molecule has 1 N–H and O–H groups in total. The van der Waals surface area contributed by atoms with Gasteiger partial charge in [0.2, 0.25) is 5.91 Å². The number of rotatable bonds is 4. The highest BCUT2D eigenvalue weighted by molar-refractivity contribution is 7.98. The van der Waals surface area contributed by atoms with Crippen molar-refractivity contribution in [3.63, 3.8) is 0 Å². The minimum atomic E-state index is -0.452. The van der Waals surface area contributed by atoms with Crippen LogP contribution in [0.1, 0.15) is 29.0 Å². The average molecular weight is 453 g/mol. The van der Waals surface area contributed by atoms with E-state index in [4.69, 9.17) is 9.47 Å². The number of nitrogens with zero attached hydrogens (tertiary/aromatic N) is 2. The van der Waals surface area contributed by atoms with E-state index in [1.807, 2.05) is 12.1 Å². The maximum atomic E-state index is 14.0. The Morgan fingerprint density at radius 1 is 1.16 bits per heavy atom. The first-order chi connectivity index (χ1) is 15.5. The lowest BCUT2D eigenvalue weighted by molar-refractivity contribution is -0.116. The summed E-state index contributed by atoms with van der Waals surface area (Å²) in [4.78, 5) is 29.9. The van der Waals surface area contributed by atoms with Gasteiger partial charge >= 0.3 is 0 Å². The molecule has 3 heterocycles. The molecule has 0 radical (unpaired) electrons. The van der Waals surface area contributed by atoms with Crippen molar-refractivity contribution in [3.8, 4) is 11.5 Å². The fraction of sp³-hybridized carbons (Fsp3) is 0.261. The summed E-state index contributed by atoms with van der Waals surface area (Å²) in [5, 5.41) is 3.22. The van der Waals surface area contributed by atoms with E-state index in [-0.39, 0.29) is 18.1 Å². The van der Waals surface area contributed by atoms with Gasteiger partial charge in [0.1, 0.15) is 24.8 Å². The van der Waals surface area contributed by atoms with Gasteiger partial charge in [0, 0.05) is 25.1 Å². The fourth-order valence-electron chi connectivity index (χ4n) is 3.98. The van der Waals surface area contributed by atoms with Crippen molar-refractivity contribution in [2.45, 2.75) is 23.2 Å². The van der Waals surface area contributed by atoms with Crippen LogP contribution in [0, 0.1) is 5.82 Å². The molecule has 0 unspecified atom stereocenters. The van der Waals surface area contributed by atoms with Gasteiger partial charge in [0.25, 0.3) is 5.56 Å². The molecule has 2 aliphatic heterocycles. The lowest BCUT2D eigenvalue weighted by Crippen LogP contribution is -2.33. The lowest BCUT2D eigenvalue weighted by Gasteiger charge is -2.28. The molecule has 2 aromatic carbocycles. The van der Waals surface area contributed by atoms with Gasteiger partial charge in [-0.05, 0) is 29.3 Å². The molecule has 0 spiro atoms. The first-order valence-electron chi connectivity index (χ1n) is 10.2. The Labute approximate surface area is 187 Å². The van der Waals surface area contributed by atoms with Crippen LogP contribution >= 0.6 is 11.8 Å². The van der Waals surface area contributed by atoms with Gasteiger partial charge in [-0.3, -0.25) is 9.59 Å². The molecule has 1 atom stereocenters. The van der Waals surface area contributed by atoms with Gasteiger partial charge in [0.15, 0.2) is 16.7 Å². The van der Waals surface area contributed by atoms with E-state index in [1.54, 1.807) is 35.9 Å². The number of halogens is 1. The summed E-state index contributed by atoms with van der Waals surface area (Å²) in [6.07, 6.45) is 0.130. The minimum Gasteiger partial charge on any atom is -0.486 e. The Bertz CT molecular complexity index is 1280. The van der Waals surface area contributed by atoms with Gasteiger partial charge < -0.3 is 19.4 Å². The monoisotopic (exact) mass is 453 g/mol. The molecule has 2 aliphatic rings. The first-order valence-corrected chi connectivity index (χ1v) is 11.2. The van der Waals surface area contributed by atoms with Crippen molar-refractivity contribution in [1.82, 2.24) is 9.55 Å². The summed E-state index contributed by atoms with van der Waals surface area (Å²) >= 11 is 1.24. The van der Waals surface area contributed by atoms with Gasteiger partial charge in [0.05, 0.1) is 5.56 Å². The molecule has 9 heteroatoms. The van der Waals surface area contributed by atoms with Crippen molar-refractivity contribution in [1.29, 1.82) is 0 Å². The minimum absolute atomic E-state index is 0.130. The SMILES string of the molecule is Cn1c(SCc2ccccc2F)nc(=O)c2c1NC(=O)C[C@@H]2c1ccc2c(c1)OCCO2. The average Bonchev–Trinajstić information content (AvgIpc) is 2.80. The van der Waals surface area contributed by atoms with E-state index < -0.39 is 11.5 Å². The number of anilines is 1. The number of aromatic nitrogens is 2. The van der Waals surface area contributed by atoms with Crippen molar-refractivity contribution >= 4 is 23.5 Å². The Hall–Kier alpha value is -3.33. The summed E-state index contributed by atoms with van der Waals surface area (Å²) in [7, 11) is 1.74. The van der Waals surface area contributed by atoms with Crippen LogP contribution in [0.4, 0.5) is 10.2 Å². The molecular formula is C23H20FN3O4S. The molecule has 164 valence electrons. The van der Waals surface area contributed by atoms with Gasteiger partial charge in [-0.1, -0.05) is 36.0 Å². The normalized spacial score (nSPS) is 16.9. The number of hydrogen-bond acceptors (Lipinski definition) is 6. The van der Waals surface area contributed by atoms with Crippen LogP contribution in [0.2, 0.25) is 0 Å². The molecule has 32 heavy (non-hydrogen) atoms. The van der Waals surface area contributed by atoms with Crippen LogP contribution in [-0.4, -0.2) is 28.7 Å². The summed E-state index contributed by atoms with van der Waals surface area (Å²) in [5.74, 6) is 1.02. The van der Waals surface area contributed by atoms with Gasteiger partial charge in [-0.25, -0.2) is 4.39 Å². The predicted molar refractivity (Wildman–Crippen MR) is 118 cm³/mol. The molecule has 0 saturated heterocycles. The van der Waals surface area contributed by atoms with E-state index in [1.165, 1.54) is 17.8 Å². The number of carbonyl (C=O) groups excluding carboxylic acids is 1. The first kappa shape index (κ1) is 20.6. The molecule has 3 aromatic rings. The molecule has 1 amide bonds. The van der Waals surface area contributed by atoms with Crippen molar-refractivity contribution in [2.75, 3.05) is 18.5 Å². The predicted octanol–water partition coefficient (Wildman–Crippen LogP) is 3.46. The fourth-order valence-corrected chi connectivity index (χ4v) is 4.93. The second-order valence-corrected chi connectivity index (χ2v) is 8.55. The lowest BCUT2D eigenvalue weighted by atomic mass is 9.86. The second-order valence-electron chi connectivity index (χ2n) is 7.61.